The molecule has 4 aromatic rings. The van der Waals surface area contributed by atoms with Gasteiger partial charge in [0.05, 0.1) is 0 Å². The van der Waals surface area contributed by atoms with Crippen LogP contribution in [0.2, 0.25) is 0 Å². The highest BCUT2D eigenvalue weighted by atomic mass is 17.1. The quantitative estimate of drug-likeness (QED) is 0.0161. The van der Waals surface area contributed by atoms with E-state index in [-0.39, 0.29) is 22.3 Å². The second kappa shape index (κ2) is 28.3. The highest BCUT2D eigenvalue weighted by Gasteiger charge is 2.44. The monoisotopic (exact) mass is 1230 g/mol. The number of carbonyl (C=O) groups is 4. The molecule has 89 heavy (non-hydrogen) atoms. The molecule has 0 aliphatic heterocycles. The maximum Gasteiger partial charge on any atom is 0.378 e. The molecule has 0 aromatic heterocycles. The molecular weight excluding hydrogens is 1130 g/mol. The fourth-order valence-corrected chi connectivity index (χ4v) is 11.0. The van der Waals surface area contributed by atoms with E-state index >= 15 is 19.2 Å². The van der Waals surface area contributed by atoms with Gasteiger partial charge < -0.3 is 38.5 Å². The molecule has 0 bridgehead atoms. The topological polar surface area (TPSA) is 223 Å². The van der Waals surface area contributed by atoms with Gasteiger partial charge in [0.15, 0.2) is 0 Å². The molecule has 4 rings (SSSR count). The molecule has 0 amide bonds. The van der Waals surface area contributed by atoms with Gasteiger partial charge in [0, 0.05) is 22.3 Å². The Morgan fingerprint density at radius 3 is 0.573 bits per heavy atom. The van der Waals surface area contributed by atoms with Gasteiger partial charge >= 0.3 is 23.9 Å². The minimum atomic E-state index is -2.22. The number of rotatable bonds is 20. The Balaban J connectivity index is 2.18. The van der Waals surface area contributed by atoms with E-state index in [4.69, 9.17) is 38.5 Å². The van der Waals surface area contributed by atoms with Crippen LogP contribution < -0.4 is 0 Å². The predicted molar refractivity (Wildman–Crippen MR) is 347 cm³/mol. The molecule has 0 aliphatic carbocycles. The van der Waals surface area contributed by atoms with E-state index < -0.39 is 122 Å². The van der Waals surface area contributed by atoms with Crippen molar-refractivity contribution in [3.63, 3.8) is 0 Å². The van der Waals surface area contributed by atoms with Gasteiger partial charge in [-0.2, -0.15) is 0 Å². The molecule has 0 saturated carbocycles. The second-order valence-electron chi connectivity index (χ2n) is 31.2. The Morgan fingerprint density at radius 1 is 0.281 bits per heavy atom. The molecule has 0 radical (unpaired) electrons. The number of carbonyl (C=O) groups excluding carboxylic acids is 4. The molecule has 0 unspecified atom stereocenters. The molecular formula is C73H100O16. The lowest BCUT2D eigenvalue weighted by molar-refractivity contribution is -0.220. The van der Waals surface area contributed by atoms with Crippen molar-refractivity contribution >= 4 is 46.2 Å². The third-order valence-corrected chi connectivity index (χ3v) is 15.1. The average Bonchev–Trinajstić information content (AvgIpc) is 1.09. The van der Waals surface area contributed by atoms with Crippen molar-refractivity contribution in [2.45, 2.75) is 188 Å². The third kappa shape index (κ3) is 18.5. The maximum absolute atomic E-state index is 15.1. The minimum absolute atomic E-state index is 0.241. The molecule has 16 nitrogen and oxygen atoms in total. The van der Waals surface area contributed by atoms with Crippen LogP contribution in [-0.4, -0.2) is 71.3 Å². The lowest BCUT2D eigenvalue weighted by Gasteiger charge is -2.34. The summed E-state index contributed by atoms with van der Waals surface area (Å²) in [6, 6.07) is 29.3. The number of allylic oxidation sites excluding steroid dienone is 4. The average molecular weight is 1230 g/mol. The van der Waals surface area contributed by atoms with Gasteiger partial charge in [0.1, 0.15) is 31.8 Å². The number of hydrogen-bond donors (Lipinski definition) is 4. The molecule has 0 atom stereocenters. The van der Waals surface area contributed by atoms with Crippen molar-refractivity contribution in [1.29, 1.82) is 0 Å². The van der Waals surface area contributed by atoms with Crippen LogP contribution in [-0.2, 0) is 79.3 Å². The molecule has 16 heteroatoms. The van der Waals surface area contributed by atoms with Crippen molar-refractivity contribution in [3.8, 4) is 0 Å². The number of ether oxygens (including phenoxy) is 4. The minimum Gasteiger partial charge on any atom is -0.459 e. The van der Waals surface area contributed by atoms with Crippen molar-refractivity contribution < 1.29 is 78.7 Å². The highest BCUT2D eigenvalue weighted by molar-refractivity contribution is 6.00. The Labute approximate surface area is 528 Å². The Hall–Kier alpha value is -7.24. The summed E-state index contributed by atoms with van der Waals surface area (Å²) in [5, 5.41) is 43.4. The normalized spacial score (nSPS) is 14.8. The van der Waals surface area contributed by atoms with Crippen molar-refractivity contribution in [2.75, 3.05) is 26.4 Å². The van der Waals surface area contributed by atoms with E-state index in [0.717, 1.165) is 22.3 Å². The van der Waals surface area contributed by atoms with Crippen LogP contribution in [0.1, 0.15) is 211 Å². The fraction of sp³-hybridized carbons (Fsp3) is 0.507. The van der Waals surface area contributed by atoms with Gasteiger partial charge in [-0.1, -0.05) is 263 Å². The summed E-state index contributed by atoms with van der Waals surface area (Å²) in [6.07, 6.45) is 0. The molecule has 0 saturated heterocycles. The zero-order valence-corrected chi connectivity index (χ0v) is 57.3. The van der Waals surface area contributed by atoms with Crippen molar-refractivity contribution in [3.05, 3.63) is 165 Å². The first kappa shape index (κ1) is 74.2. The second-order valence-corrected chi connectivity index (χ2v) is 31.2. The van der Waals surface area contributed by atoms with E-state index in [0.29, 0.717) is 22.3 Å². The number of benzene rings is 4. The summed E-state index contributed by atoms with van der Waals surface area (Å²) in [5.41, 5.74) is -1.49. The van der Waals surface area contributed by atoms with Crippen LogP contribution in [0.15, 0.2) is 120 Å². The summed E-state index contributed by atoms with van der Waals surface area (Å²) in [4.78, 5) is 80.3. The molecule has 4 aromatic carbocycles. The highest BCUT2D eigenvalue weighted by Crippen LogP contribution is 2.47. The van der Waals surface area contributed by atoms with E-state index in [1.807, 2.05) is 215 Å². The molecule has 488 valence electrons. The fourth-order valence-electron chi connectivity index (χ4n) is 11.0. The molecule has 4 N–H and O–H groups in total. The Kier molecular flexibility index (Phi) is 23.6. The maximum atomic E-state index is 15.1. The zero-order valence-electron chi connectivity index (χ0n) is 57.3. The van der Waals surface area contributed by atoms with Gasteiger partial charge in [-0.15, -0.1) is 0 Å². The SMILES string of the molecule is CC(C)(C)C(=C(OO)C(=O)OCC(COC(=O)C(OO)=C(c1ccccc1C(C)(C)C)C(C)(C)C)(COC(=O)C(OO)=C(c1ccccc1C(C)(C)C)C(C)(C)C)COC(=O)C(OO)=C(c1ccccc1C(C)(C)C)C(C)(C)C)c1ccccc1C(C)(C)C. The first-order valence-corrected chi connectivity index (χ1v) is 30.1. The largest absolute Gasteiger partial charge is 0.459 e. The summed E-state index contributed by atoms with van der Waals surface area (Å²) >= 11 is 0. The molecule has 0 fully saturated rings. The summed E-state index contributed by atoms with van der Waals surface area (Å²) in [5.74, 6) is -7.49. The first-order chi connectivity index (χ1) is 40.7. The van der Waals surface area contributed by atoms with Gasteiger partial charge in [-0.25, -0.2) is 40.2 Å². The van der Waals surface area contributed by atoms with Crippen LogP contribution in [0.4, 0.5) is 0 Å². The molecule has 0 spiro atoms. The zero-order chi connectivity index (χ0) is 67.8. The van der Waals surface area contributed by atoms with Crippen LogP contribution in [0, 0.1) is 27.1 Å². The van der Waals surface area contributed by atoms with Gasteiger partial charge in [0.25, 0.3) is 23.0 Å². The molecule has 0 aliphatic rings. The van der Waals surface area contributed by atoms with Crippen LogP contribution >= 0.6 is 0 Å². The Morgan fingerprint density at radius 2 is 0.438 bits per heavy atom. The number of hydrogen-bond acceptors (Lipinski definition) is 16. The van der Waals surface area contributed by atoms with Crippen LogP contribution in [0.3, 0.4) is 0 Å². The third-order valence-electron chi connectivity index (χ3n) is 15.1. The predicted octanol–water partition coefficient (Wildman–Crippen LogP) is 17.1. The van der Waals surface area contributed by atoms with E-state index in [1.54, 1.807) is 48.5 Å². The number of esters is 4. The van der Waals surface area contributed by atoms with Gasteiger partial charge in [-0.3, -0.25) is 0 Å². The van der Waals surface area contributed by atoms with E-state index in [9.17, 15) is 21.0 Å². The summed E-state index contributed by atoms with van der Waals surface area (Å²) in [7, 11) is 0. The standard InChI is InChI=1S/C73H100O16/c1-65(2,3)49-37-29-25-33-45(49)53(69(13,14)15)57(86-78)61(74)82-41-73(42-83-62(75)58(87-79)54(70(16,17)18)46-34-26-30-38-50(46)66(4,5)6,43-84-63(76)59(88-80)55(71(19,20)21)47-35-27-31-39-51(47)67(7,8)9)44-85-64(77)60(89-81)56(72(22,23)24)48-36-28-32-40-52(48)68(10,11)12/h25-40,78-81H,41-44H2,1-24H3. The summed E-state index contributed by atoms with van der Waals surface area (Å²) in [6.45, 7) is 41.9. The van der Waals surface area contributed by atoms with E-state index in [2.05, 4.69) is 0 Å². The van der Waals surface area contributed by atoms with Crippen LogP contribution in [0.25, 0.3) is 22.3 Å². The van der Waals surface area contributed by atoms with Gasteiger partial charge in [-0.05, 0) is 87.8 Å². The summed E-state index contributed by atoms with van der Waals surface area (Å²) < 4.78 is 24.7. The molecule has 0 heterocycles. The first-order valence-electron chi connectivity index (χ1n) is 30.1. The van der Waals surface area contributed by atoms with Crippen molar-refractivity contribution in [2.24, 2.45) is 27.1 Å². The lowest BCUT2D eigenvalue weighted by Crippen LogP contribution is -2.44. The van der Waals surface area contributed by atoms with Crippen molar-refractivity contribution in [1.82, 2.24) is 0 Å². The van der Waals surface area contributed by atoms with Gasteiger partial charge in [0.2, 0.25) is 0 Å². The van der Waals surface area contributed by atoms with E-state index in [1.165, 1.54) is 0 Å². The van der Waals surface area contributed by atoms with Crippen LogP contribution in [0.5, 0.6) is 0 Å². The Bertz CT molecular complexity index is 2870. The smallest absolute Gasteiger partial charge is 0.378 e. The lowest BCUT2D eigenvalue weighted by atomic mass is 9.74.